The fourth-order valence-corrected chi connectivity index (χ4v) is 2.15. The molecule has 0 unspecified atom stereocenters. The molecule has 18 heavy (non-hydrogen) atoms. The Morgan fingerprint density at radius 1 is 0.944 bits per heavy atom. The van der Waals surface area contributed by atoms with Crippen molar-refractivity contribution in [1.29, 1.82) is 0 Å². The van der Waals surface area contributed by atoms with Gasteiger partial charge < -0.3 is 0 Å². The lowest BCUT2D eigenvalue weighted by Crippen LogP contribution is -1.82. The van der Waals surface area contributed by atoms with Gasteiger partial charge in [-0.05, 0) is 42.0 Å². The molecule has 0 atom stereocenters. The van der Waals surface area contributed by atoms with Crippen LogP contribution in [0.2, 0.25) is 0 Å². The van der Waals surface area contributed by atoms with E-state index >= 15 is 0 Å². The zero-order valence-electron chi connectivity index (χ0n) is 11.7. The van der Waals surface area contributed by atoms with Crippen molar-refractivity contribution in [3.05, 3.63) is 54.1 Å². The smallest absolute Gasteiger partial charge is 0.00752 e. The number of benzene rings is 2. The van der Waals surface area contributed by atoms with Gasteiger partial charge in [0.15, 0.2) is 0 Å². The zero-order valence-corrected chi connectivity index (χ0v) is 12.6. The molecule has 0 nitrogen and oxygen atoms in total. The van der Waals surface area contributed by atoms with Crippen LogP contribution in [-0.2, 0) is 0 Å². The molecule has 0 amide bonds. The summed E-state index contributed by atoms with van der Waals surface area (Å²) in [6.45, 7) is 6.40. The van der Waals surface area contributed by atoms with E-state index in [0.717, 1.165) is 0 Å². The summed E-state index contributed by atoms with van der Waals surface area (Å²) in [5.74, 6) is 0. The number of rotatable bonds is 2. The maximum atomic E-state index is 2.24. The summed E-state index contributed by atoms with van der Waals surface area (Å²) in [5, 5.41) is 0. The van der Waals surface area contributed by atoms with Gasteiger partial charge in [-0.2, -0.15) is 0 Å². The molecule has 2 rings (SSSR count). The van der Waals surface area contributed by atoms with Crippen molar-refractivity contribution in [2.75, 3.05) is 6.26 Å². The van der Waals surface area contributed by atoms with Crippen LogP contribution in [0.3, 0.4) is 0 Å². The second kappa shape index (κ2) is 7.99. The van der Waals surface area contributed by atoms with Crippen LogP contribution in [0.4, 0.5) is 0 Å². The van der Waals surface area contributed by atoms with E-state index in [4.69, 9.17) is 0 Å². The molecule has 2 aromatic carbocycles. The summed E-state index contributed by atoms with van der Waals surface area (Å²) in [6.07, 6.45) is 3.36. The van der Waals surface area contributed by atoms with E-state index in [1.165, 1.54) is 28.0 Å². The third kappa shape index (κ3) is 4.23. The van der Waals surface area contributed by atoms with Crippen molar-refractivity contribution in [3.8, 4) is 11.1 Å². The van der Waals surface area contributed by atoms with Gasteiger partial charge in [0.05, 0.1) is 0 Å². The Hall–Kier alpha value is -1.21. The van der Waals surface area contributed by atoms with Gasteiger partial charge in [0.25, 0.3) is 0 Å². The number of aryl methyl sites for hydroxylation is 1. The zero-order chi connectivity index (χ0) is 13.4. The summed E-state index contributed by atoms with van der Waals surface area (Å²) < 4.78 is 0. The molecule has 0 heterocycles. The molecule has 96 valence electrons. The highest BCUT2D eigenvalue weighted by Crippen LogP contribution is 2.26. The molecule has 2 aromatic rings. The summed E-state index contributed by atoms with van der Waals surface area (Å²) in [6, 6.07) is 17.2. The first-order chi connectivity index (χ1) is 8.72. The fourth-order valence-electron chi connectivity index (χ4n) is 1.69. The number of hydrogen-bond acceptors (Lipinski definition) is 1. The van der Waals surface area contributed by atoms with Crippen molar-refractivity contribution >= 4 is 11.8 Å². The Kier molecular flexibility index (Phi) is 6.59. The minimum Gasteiger partial charge on any atom is -0.130 e. The minimum absolute atomic E-state index is 1.25. The van der Waals surface area contributed by atoms with Crippen LogP contribution < -0.4 is 0 Å². The van der Waals surface area contributed by atoms with Crippen molar-refractivity contribution < 1.29 is 0 Å². The average molecular weight is 258 g/mol. The van der Waals surface area contributed by atoms with Gasteiger partial charge in [0.1, 0.15) is 0 Å². The lowest BCUT2D eigenvalue weighted by Gasteiger charge is -2.06. The summed E-state index contributed by atoms with van der Waals surface area (Å²) >= 11 is 1.78. The van der Waals surface area contributed by atoms with E-state index in [9.17, 15) is 0 Å². The largest absolute Gasteiger partial charge is 0.130 e. The first-order valence-corrected chi connectivity index (χ1v) is 7.65. The highest BCUT2D eigenvalue weighted by atomic mass is 32.2. The quantitative estimate of drug-likeness (QED) is 0.613. The van der Waals surface area contributed by atoms with Crippen molar-refractivity contribution in [2.24, 2.45) is 0 Å². The van der Waals surface area contributed by atoms with Gasteiger partial charge in [-0.25, -0.2) is 0 Å². The molecule has 0 aliphatic rings. The van der Waals surface area contributed by atoms with E-state index in [1.807, 2.05) is 0 Å². The van der Waals surface area contributed by atoms with Gasteiger partial charge in [0.2, 0.25) is 0 Å². The maximum Gasteiger partial charge on any atom is 0.00752 e. The van der Waals surface area contributed by atoms with Crippen molar-refractivity contribution in [2.45, 2.75) is 32.1 Å². The predicted molar refractivity (Wildman–Crippen MR) is 84.4 cm³/mol. The van der Waals surface area contributed by atoms with Gasteiger partial charge in [-0.15, -0.1) is 11.8 Å². The highest BCUT2D eigenvalue weighted by Gasteiger charge is 2.00. The normalized spacial score (nSPS) is 9.56. The lowest BCUT2D eigenvalue weighted by molar-refractivity contribution is 1.09. The highest BCUT2D eigenvalue weighted by molar-refractivity contribution is 7.98. The molecule has 0 aliphatic carbocycles. The predicted octanol–water partition coefficient (Wildman–Crippen LogP) is 5.80. The van der Waals surface area contributed by atoms with Gasteiger partial charge >= 0.3 is 0 Å². The van der Waals surface area contributed by atoms with Crippen molar-refractivity contribution in [1.82, 2.24) is 0 Å². The number of thioether (sulfide) groups is 1. The van der Waals surface area contributed by atoms with Gasteiger partial charge in [0, 0.05) is 4.90 Å². The number of hydrogen-bond donors (Lipinski definition) is 0. The van der Waals surface area contributed by atoms with Crippen molar-refractivity contribution in [3.63, 3.8) is 0 Å². The molecule has 0 bridgehead atoms. The molecule has 0 saturated heterocycles. The second-order valence-electron chi connectivity index (χ2n) is 4.25. The van der Waals surface area contributed by atoms with Crippen LogP contribution in [0.5, 0.6) is 0 Å². The van der Waals surface area contributed by atoms with Crippen LogP contribution >= 0.6 is 11.8 Å². The summed E-state index contributed by atoms with van der Waals surface area (Å²) in [4.78, 5) is 1.32. The Bertz CT molecular complexity index is 475. The first kappa shape index (κ1) is 14.8. The molecule has 0 radical (unpaired) electrons. The molecule has 0 aliphatic heterocycles. The first-order valence-electron chi connectivity index (χ1n) is 6.43. The van der Waals surface area contributed by atoms with Gasteiger partial charge in [-0.3, -0.25) is 0 Å². The topological polar surface area (TPSA) is 0 Å². The van der Waals surface area contributed by atoms with Gasteiger partial charge in [-0.1, -0.05) is 56.7 Å². The lowest BCUT2D eigenvalue weighted by atomic mass is 10.0. The Morgan fingerprint density at radius 2 is 1.61 bits per heavy atom. The van der Waals surface area contributed by atoms with Crippen LogP contribution in [0.15, 0.2) is 53.4 Å². The Labute approximate surface area is 115 Å². The minimum atomic E-state index is 1.25. The molecule has 0 N–H and O–H groups in total. The summed E-state index contributed by atoms with van der Waals surface area (Å²) in [5.41, 5.74) is 3.96. The standard InChI is InChI=1S/C14H14S.C3H8/c1-11-6-3-4-9-14(11)12-7-5-8-13(10-12)15-2;1-3-2/h3-10H,1-2H3;3H2,1-2H3. The maximum absolute atomic E-state index is 2.24. The molecule has 1 heteroatoms. The molecule has 0 fully saturated rings. The van der Waals surface area contributed by atoms with E-state index in [-0.39, 0.29) is 0 Å². The average Bonchev–Trinajstić information content (AvgIpc) is 2.40. The Balaban J connectivity index is 0.000000492. The molecular weight excluding hydrogens is 236 g/mol. The summed E-state index contributed by atoms with van der Waals surface area (Å²) in [7, 11) is 0. The van der Waals surface area contributed by atoms with E-state index in [1.54, 1.807) is 11.8 Å². The molecule has 0 spiro atoms. The fraction of sp³-hybridized carbons (Fsp3) is 0.294. The van der Waals surface area contributed by atoms with Crippen LogP contribution in [0.25, 0.3) is 11.1 Å². The second-order valence-corrected chi connectivity index (χ2v) is 5.13. The monoisotopic (exact) mass is 258 g/mol. The van der Waals surface area contributed by atoms with E-state index in [2.05, 4.69) is 75.6 Å². The molecular formula is C17H22S. The van der Waals surface area contributed by atoms with E-state index in [0.29, 0.717) is 0 Å². The van der Waals surface area contributed by atoms with Crippen LogP contribution in [0.1, 0.15) is 25.8 Å². The SMILES string of the molecule is CCC.CSc1cccc(-c2ccccc2C)c1. The van der Waals surface area contributed by atoms with E-state index < -0.39 is 0 Å². The Morgan fingerprint density at radius 3 is 2.22 bits per heavy atom. The third-order valence-corrected chi connectivity index (χ3v) is 3.25. The molecule has 0 aromatic heterocycles. The molecule has 0 saturated carbocycles. The van der Waals surface area contributed by atoms with Crippen LogP contribution in [-0.4, -0.2) is 6.26 Å². The third-order valence-electron chi connectivity index (χ3n) is 2.53. The van der Waals surface area contributed by atoms with Crippen LogP contribution in [0, 0.1) is 6.92 Å².